The number of hydrogen-bond acceptors (Lipinski definition) is 4. The minimum atomic E-state index is -0.337. The summed E-state index contributed by atoms with van der Waals surface area (Å²) >= 11 is 12.5. The Morgan fingerprint density at radius 1 is 0.871 bits per heavy atom. The third-order valence-corrected chi connectivity index (χ3v) is 6.15. The third-order valence-electron chi connectivity index (χ3n) is 5.66. The van der Waals surface area contributed by atoms with Crippen molar-refractivity contribution < 1.29 is 4.74 Å². The lowest BCUT2D eigenvalue weighted by molar-refractivity contribution is 0.223. The molecule has 6 rings (SSSR count). The molecule has 4 aromatic rings. The second-order valence-electron chi connectivity index (χ2n) is 7.49. The highest BCUT2D eigenvalue weighted by Gasteiger charge is 2.40. The van der Waals surface area contributed by atoms with E-state index in [4.69, 9.17) is 27.9 Å². The number of halogens is 2. The van der Waals surface area contributed by atoms with Crippen LogP contribution in [0.5, 0.6) is 5.75 Å². The summed E-state index contributed by atoms with van der Waals surface area (Å²) < 4.78 is 8.46. The average molecular weight is 447 g/mol. The topological polar surface area (TPSA) is 52.0 Å². The van der Waals surface area contributed by atoms with Crippen molar-refractivity contribution in [3.63, 3.8) is 0 Å². The second kappa shape index (κ2) is 7.15. The minimum Gasteiger partial charge on any atom is -0.480 e. The number of nitrogens with one attached hydrogen (secondary N) is 1. The number of nitrogens with zero attached hydrogens (tertiary/aromatic N) is 3. The number of anilines is 1. The molecule has 5 nitrogen and oxygen atoms in total. The van der Waals surface area contributed by atoms with Gasteiger partial charge in [0.2, 0.25) is 5.95 Å². The van der Waals surface area contributed by atoms with E-state index in [1.165, 1.54) is 0 Å². The number of ether oxygens (including phenoxy) is 1. The van der Waals surface area contributed by atoms with Gasteiger partial charge in [-0.25, -0.2) is 4.68 Å². The highest BCUT2D eigenvalue weighted by Crippen LogP contribution is 2.51. The van der Waals surface area contributed by atoms with Gasteiger partial charge in [0.25, 0.3) is 0 Å². The number of aromatic nitrogens is 3. The van der Waals surface area contributed by atoms with Gasteiger partial charge < -0.3 is 10.1 Å². The van der Waals surface area contributed by atoms with Crippen LogP contribution in [-0.2, 0) is 0 Å². The number of hydrogen-bond donors (Lipinski definition) is 1. The van der Waals surface area contributed by atoms with Crippen molar-refractivity contribution in [1.82, 2.24) is 14.8 Å². The van der Waals surface area contributed by atoms with Crippen molar-refractivity contribution in [1.29, 1.82) is 0 Å². The first-order chi connectivity index (χ1) is 15.2. The molecule has 0 fully saturated rings. The summed E-state index contributed by atoms with van der Waals surface area (Å²) in [5.74, 6) is 1.44. The van der Waals surface area contributed by atoms with Crippen molar-refractivity contribution in [3.05, 3.63) is 111 Å². The molecule has 0 amide bonds. The number of rotatable bonds is 2. The predicted molar refractivity (Wildman–Crippen MR) is 121 cm³/mol. The fraction of sp³-hybridized carbons (Fsp3) is 0.0833. The van der Waals surface area contributed by atoms with E-state index < -0.39 is 0 Å². The van der Waals surface area contributed by atoms with Crippen LogP contribution < -0.4 is 10.1 Å². The van der Waals surface area contributed by atoms with Crippen molar-refractivity contribution in [3.8, 4) is 5.75 Å². The summed E-state index contributed by atoms with van der Waals surface area (Å²) in [6, 6.07) is 23.5. The summed E-state index contributed by atoms with van der Waals surface area (Å²) in [4.78, 5) is 4.44. The predicted octanol–water partition coefficient (Wildman–Crippen LogP) is 6.14. The SMILES string of the molecule is Clc1ccc(C2Oc3ccc(Cl)cc3C3=C2C(c2ccccc2)n2ncnc2N3)cc1. The molecular weight excluding hydrogens is 431 g/mol. The summed E-state index contributed by atoms with van der Waals surface area (Å²) in [6.45, 7) is 0. The maximum absolute atomic E-state index is 6.56. The zero-order valence-corrected chi connectivity index (χ0v) is 17.7. The molecule has 152 valence electrons. The van der Waals surface area contributed by atoms with Gasteiger partial charge in [0.05, 0.1) is 5.70 Å². The number of benzene rings is 3. The minimum absolute atomic E-state index is 0.192. The molecule has 7 heteroatoms. The second-order valence-corrected chi connectivity index (χ2v) is 8.36. The molecule has 0 saturated carbocycles. The standard InChI is InChI=1S/C24H16Cl2N4O/c25-16-8-6-15(7-9-16)23-20-21(18-12-17(26)10-11-19(18)31-23)29-24-27-13-28-30(24)22(20)14-4-2-1-3-5-14/h1-13,22-23H,(H,27,28,29). The van der Waals surface area contributed by atoms with E-state index in [2.05, 4.69) is 27.5 Å². The molecule has 1 aromatic heterocycles. The van der Waals surface area contributed by atoms with Crippen LogP contribution >= 0.6 is 23.2 Å². The molecule has 2 unspecified atom stereocenters. The monoisotopic (exact) mass is 446 g/mol. The van der Waals surface area contributed by atoms with Crippen LogP contribution in [-0.4, -0.2) is 14.8 Å². The maximum Gasteiger partial charge on any atom is 0.226 e. The largest absolute Gasteiger partial charge is 0.480 e. The van der Waals surface area contributed by atoms with Crippen LogP contribution in [0.25, 0.3) is 5.70 Å². The lowest BCUT2D eigenvalue weighted by Gasteiger charge is -2.39. The normalized spacial score (nSPS) is 19.0. The molecule has 0 bridgehead atoms. The van der Waals surface area contributed by atoms with Crippen LogP contribution in [0.15, 0.2) is 84.7 Å². The molecule has 2 aliphatic rings. The molecular formula is C24H16Cl2N4O. The first-order valence-corrected chi connectivity index (χ1v) is 10.6. The highest BCUT2D eigenvalue weighted by molar-refractivity contribution is 6.31. The van der Waals surface area contributed by atoms with Crippen LogP contribution in [0.2, 0.25) is 10.0 Å². The molecule has 0 saturated heterocycles. The average Bonchev–Trinajstić information content (AvgIpc) is 3.27. The Bertz CT molecular complexity index is 1320. The van der Waals surface area contributed by atoms with Gasteiger partial charge >= 0.3 is 0 Å². The first-order valence-electron chi connectivity index (χ1n) is 9.86. The van der Waals surface area contributed by atoms with Crippen LogP contribution in [0.1, 0.15) is 28.8 Å². The molecule has 3 heterocycles. The van der Waals surface area contributed by atoms with E-state index in [0.717, 1.165) is 33.7 Å². The van der Waals surface area contributed by atoms with Crippen LogP contribution in [0.4, 0.5) is 5.95 Å². The fourth-order valence-electron chi connectivity index (χ4n) is 4.31. The molecule has 31 heavy (non-hydrogen) atoms. The molecule has 2 aliphatic heterocycles. The van der Waals surface area contributed by atoms with Crippen molar-refractivity contribution in [2.45, 2.75) is 12.1 Å². The summed E-state index contributed by atoms with van der Waals surface area (Å²) in [5.41, 5.74) is 4.99. The van der Waals surface area contributed by atoms with Gasteiger partial charge in [-0.05, 0) is 41.5 Å². The van der Waals surface area contributed by atoms with Gasteiger partial charge in [-0.1, -0.05) is 65.7 Å². The Kier molecular flexibility index (Phi) is 4.26. The van der Waals surface area contributed by atoms with Gasteiger partial charge in [-0.3, -0.25) is 0 Å². The number of fused-ring (bicyclic) bond motifs is 3. The highest BCUT2D eigenvalue weighted by atomic mass is 35.5. The molecule has 3 aromatic carbocycles. The van der Waals surface area contributed by atoms with Crippen molar-refractivity contribution in [2.75, 3.05) is 5.32 Å². The van der Waals surface area contributed by atoms with Gasteiger partial charge in [-0.15, -0.1) is 0 Å². The Morgan fingerprint density at radius 2 is 1.65 bits per heavy atom. The van der Waals surface area contributed by atoms with E-state index in [1.54, 1.807) is 6.33 Å². The Morgan fingerprint density at radius 3 is 2.45 bits per heavy atom. The quantitative estimate of drug-likeness (QED) is 0.401. The lowest BCUT2D eigenvalue weighted by atomic mass is 9.84. The maximum atomic E-state index is 6.56. The zero-order chi connectivity index (χ0) is 20.9. The van der Waals surface area contributed by atoms with Crippen molar-refractivity contribution >= 4 is 34.8 Å². The Hall–Kier alpha value is -3.28. The molecule has 0 aliphatic carbocycles. The first kappa shape index (κ1) is 18.5. The Balaban J connectivity index is 1.64. The molecule has 1 N–H and O–H groups in total. The van der Waals surface area contributed by atoms with E-state index >= 15 is 0 Å². The van der Waals surface area contributed by atoms with Crippen LogP contribution in [0.3, 0.4) is 0 Å². The van der Waals surface area contributed by atoms with Gasteiger partial charge in [0, 0.05) is 21.2 Å². The molecule has 0 radical (unpaired) electrons. The van der Waals surface area contributed by atoms with Gasteiger partial charge in [0.15, 0.2) is 0 Å². The fourth-order valence-corrected chi connectivity index (χ4v) is 4.61. The summed E-state index contributed by atoms with van der Waals surface area (Å²) in [5, 5.41) is 9.33. The van der Waals surface area contributed by atoms with Gasteiger partial charge in [-0.2, -0.15) is 10.1 Å². The zero-order valence-electron chi connectivity index (χ0n) is 16.2. The van der Waals surface area contributed by atoms with E-state index in [-0.39, 0.29) is 12.1 Å². The van der Waals surface area contributed by atoms with E-state index in [1.807, 2.05) is 65.3 Å². The summed E-state index contributed by atoms with van der Waals surface area (Å²) in [6.07, 6.45) is 1.23. The Labute approximate surface area is 188 Å². The van der Waals surface area contributed by atoms with Crippen molar-refractivity contribution in [2.24, 2.45) is 0 Å². The van der Waals surface area contributed by atoms with E-state index in [0.29, 0.717) is 16.0 Å². The summed E-state index contributed by atoms with van der Waals surface area (Å²) in [7, 11) is 0. The third kappa shape index (κ3) is 3.00. The van der Waals surface area contributed by atoms with Gasteiger partial charge in [0.1, 0.15) is 24.2 Å². The smallest absolute Gasteiger partial charge is 0.226 e. The van der Waals surface area contributed by atoms with E-state index in [9.17, 15) is 0 Å². The molecule has 2 atom stereocenters. The molecule has 0 spiro atoms. The van der Waals surface area contributed by atoms with Crippen LogP contribution in [0, 0.1) is 0 Å². The lowest BCUT2D eigenvalue weighted by Crippen LogP contribution is -2.32.